The SMILES string of the molecule is C=C/C=C\C1=C(C)CC(CCCC)(OC)c2cc(O)c3cc(C)ccc3c21. The van der Waals surface area contributed by atoms with Crippen LogP contribution in [0.4, 0.5) is 0 Å². The Morgan fingerprint density at radius 2 is 2.00 bits per heavy atom. The number of hydrogen-bond donors (Lipinski definition) is 1. The van der Waals surface area contributed by atoms with Crippen molar-refractivity contribution in [3.05, 3.63) is 71.3 Å². The highest BCUT2D eigenvalue weighted by molar-refractivity contribution is 6.02. The second-order valence-electron chi connectivity index (χ2n) is 7.63. The number of unbranched alkanes of at least 4 members (excludes halogenated alkanes) is 1. The van der Waals surface area contributed by atoms with Crippen molar-refractivity contribution in [2.45, 2.75) is 52.1 Å². The van der Waals surface area contributed by atoms with Gasteiger partial charge in [0.1, 0.15) is 5.75 Å². The molecule has 3 rings (SSSR count). The molecule has 1 N–H and O–H groups in total. The third-order valence-electron chi connectivity index (χ3n) is 5.77. The minimum absolute atomic E-state index is 0.331. The van der Waals surface area contributed by atoms with E-state index in [1.165, 1.54) is 16.7 Å². The van der Waals surface area contributed by atoms with E-state index in [0.29, 0.717) is 5.75 Å². The summed E-state index contributed by atoms with van der Waals surface area (Å²) in [6.45, 7) is 10.3. The molecule has 1 unspecified atom stereocenters. The van der Waals surface area contributed by atoms with Crippen molar-refractivity contribution in [1.82, 2.24) is 0 Å². The predicted molar refractivity (Wildman–Crippen MR) is 115 cm³/mol. The number of methoxy groups -OCH3 is 1. The number of aromatic hydroxyl groups is 1. The molecular weight excluding hydrogens is 332 g/mol. The van der Waals surface area contributed by atoms with Crippen LogP contribution < -0.4 is 0 Å². The van der Waals surface area contributed by atoms with Crippen LogP contribution in [0.3, 0.4) is 0 Å². The molecule has 2 heteroatoms. The molecule has 0 saturated carbocycles. The van der Waals surface area contributed by atoms with E-state index >= 15 is 0 Å². The fourth-order valence-corrected chi connectivity index (χ4v) is 4.36. The van der Waals surface area contributed by atoms with E-state index in [2.05, 4.69) is 51.6 Å². The number of rotatable bonds is 6. The molecule has 142 valence electrons. The van der Waals surface area contributed by atoms with Gasteiger partial charge >= 0.3 is 0 Å². The Balaban J connectivity index is 2.40. The normalized spacial score (nSPS) is 19.7. The van der Waals surface area contributed by atoms with E-state index in [9.17, 15) is 5.11 Å². The van der Waals surface area contributed by atoms with Gasteiger partial charge in [0.05, 0.1) is 5.60 Å². The van der Waals surface area contributed by atoms with Gasteiger partial charge in [-0.1, -0.05) is 67.8 Å². The van der Waals surface area contributed by atoms with Crippen LogP contribution in [0.15, 0.2) is 54.6 Å². The highest BCUT2D eigenvalue weighted by Gasteiger charge is 2.39. The number of phenolic OH excluding ortho intramolecular Hbond substituents is 1. The average molecular weight is 363 g/mol. The lowest BCUT2D eigenvalue weighted by Crippen LogP contribution is -2.33. The molecule has 0 heterocycles. The van der Waals surface area contributed by atoms with E-state index in [4.69, 9.17) is 4.74 Å². The Morgan fingerprint density at radius 3 is 2.67 bits per heavy atom. The summed E-state index contributed by atoms with van der Waals surface area (Å²) in [5.41, 5.74) is 5.55. The molecule has 2 aromatic rings. The summed E-state index contributed by atoms with van der Waals surface area (Å²) >= 11 is 0. The Morgan fingerprint density at radius 1 is 1.22 bits per heavy atom. The van der Waals surface area contributed by atoms with E-state index in [1.807, 2.05) is 18.2 Å². The zero-order valence-electron chi connectivity index (χ0n) is 16.9. The van der Waals surface area contributed by atoms with Crippen molar-refractivity contribution < 1.29 is 9.84 Å². The molecular formula is C25H30O2. The van der Waals surface area contributed by atoms with Crippen molar-refractivity contribution >= 4 is 16.3 Å². The fourth-order valence-electron chi connectivity index (χ4n) is 4.36. The van der Waals surface area contributed by atoms with Crippen molar-refractivity contribution in [2.24, 2.45) is 0 Å². The van der Waals surface area contributed by atoms with Gasteiger partial charge in [-0.05, 0) is 54.5 Å². The molecule has 0 spiro atoms. The minimum Gasteiger partial charge on any atom is -0.507 e. The van der Waals surface area contributed by atoms with Crippen LogP contribution in [0.5, 0.6) is 5.75 Å². The maximum atomic E-state index is 10.8. The second-order valence-corrected chi connectivity index (χ2v) is 7.63. The molecule has 1 aliphatic carbocycles. The van der Waals surface area contributed by atoms with Gasteiger partial charge < -0.3 is 9.84 Å². The first kappa shape index (κ1) is 19.4. The number of allylic oxidation sites excluding steroid dienone is 4. The first-order valence-corrected chi connectivity index (χ1v) is 9.78. The molecule has 0 amide bonds. The highest BCUT2D eigenvalue weighted by Crippen LogP contribution is 2.50. The molecule has 2 aromatic carbocycles. The maximum Gasteiger partial charge on any atom is 0.123 e. The summed E-state index contributed by atoms with van der Waals surface area (Å²) in [7, 11) is 1.80. The summed E-state index contributed by atoms with van der Waals surface area (Å²) in [5.74, 6) is 0.331. The average Bonchev–Trinajstić information content (AvgIpc) is 2.66. The van der Waals surface area contributed by atoms with E-state index in [-0.39, 0.29) is 0 Å². The second kappa shape index (κ2) is 7.74. The highest BCUT2D eigenvalue weighted by atomic mass is 16.5. The molecule has 0 fully saturated rings. The van der Waals surface area contributed by atoms with Crippen LogP contribution in [0.2, 0.25) is 0 Å². The molecule has 0 saturated heterocycles. The summed E-state index contributed by atoms with van der Waals surface area (Å²) in [5, 5.41) is 12.8. The Labute approximate surface area is 162 Å². The van der Waals surface area contributed by atoms with Crippen LogP contribution in [0, 0.1) is 6.92 Å². The summed E-state index contributed by atoms with van der Waals surface area (Å²) in [4.78, 5) is 0. The molecule has 1 atom stereocenters. The number of phenols is 1. The lowest BCUT2D eigenvalue weighted by molar-refractivity contribution is -0.0250. The number of fused-ring (bicyclic) bond motifs is 3. The van der Waals surface area contributed by atoms with Crippen molar-refractivity contribution in [1.29, 1.82) is 0 Å². The van der Waals surface area contributed by atoms with Crippen molar-refractivity contribution in [2.75, 3.05) is 7.11 Å². The lowest BCUT2D eigenvalue weighted by Gasteiger charge is -2.40. The van der Waals surface area contributed by atoms with Gasteiger partial charge in [0, 0.05) is 18.9 Å². The Hall–Kier alpha value is -2.32. The largest absolute Gasteiger partial charge is 0.507 e. The van der Waals surface area contributed by atoms with Gasteiger partial charge in [-0.25, -0.2) is 0 Å². The molecule has 0 aliphatic heterocycles. The van der Waals surface area contributed by atoms with Gasteiger partial charge in [-0.15, -0.1) is 0 Å². The van der Waals surface area contributed by atoms with Crippen molar-refractivity contribution in [3.8, 4) is 5.75 Å². The van der Waals surface area contributed by atoms with Crippen LogP contribution >= 0.6 is 0 Å². The number of aryl methyl sites for hydroxylation is 1. The topological polar surface area (TPSA) is 29.5 Å². The molecule has 1 aliphatic rings. The zero-order chi connectivity index (χ0) is 19.6. The quantitative estimate of drug-likeness (QED) is 0.572. The Bertz CT molecular complexity index is 933. The third-order valence-corrected chi connectivity index (χ3v) is 5.77. The summed E-state index contributed by atoms with van der Waals surface area (Å²) in [6.07, 6.45) is 9.92. The minimum atomic E-state index is -0.391. The monoisotopic (exact) mass is 362 g/mol. The first-order valence-electron chi connectivity index (χ1n) is 9.78. The van der Waals surface area contributed by atoms with Crippen LogP contribution in [0.25, 0.3) is 16.3 Å². The number of hydrogen-bond acceptors (Lipinski definition) is 2. The van der Waals surface area contributed by atoms with E-state index < -0.39 is 5.60 Å². The summed E-state index contributed by atoms with van der Waals surface area (Å²) in [6, 6.07) is 8.24. The van der Waals surface area contributed by atoms with Gasteiger partial charge in [0.15, 0.2) is 0 Å². The molecule has 0 aromatic heterocycles. The summed E-state index contributed by atoms with van der Waals surface area (Å²) < 4.78 is 6.17. The molecule has 27 heavy (non-hydrogen) atoms. The van der Waals surface area contributed by atoms with E-state index in [1.54, 1.807) is 7.11 Å². The van der Waals surface area contributed by atoms with Gasteiger partial charge in [-0.2, -0.15) is 0 Å². The lowest BCUT2D eigenvalue weighted by atomic mass is 9.72. The van der Waals surface area contributed by atoms with Crippen molar-refractivity contribution in [3.63, 3.8) is 0 Å². The van der Waals surface area contributed by atoms with Crippen LogP contribution in [-0.2, 0) is 10.3 Å². The van der Waals surface area contributed by atoms with Crippen LogP contribution in [-0.4, -0.2) is 12.2 Å². The van der Waals surface area contributed by atoms with Gasteiger partial charge in [0.25, 0.3) is 0 Å². The number of benzene rings is 2. The van der Waals surface area contributed by atoms with Crippen LogP contribution in [0.1, 0.15) is 56.2 Å². The van der Waals surface area contributed by atoms with E-state index in [0.717, 1.165) is 47.6 Å². The fraction of sp³-hybridized carbons (Fsp3) is 0.360. The standard InChI is InChI=1S/C25H30O2/c1-6-8-10-19-18(4)16-25(27-5,13-9-7-2)22-15-23(26)21-14-17(3)11-12-20(21)24(19)22/h6,8,10-12,14-15,26H,1,7,9,13,16H2,2-5H3/b10-8-. The predicted octanol–water partition coefficient (Wildman–Crippen LogP) is 6.81. The molecule has 0 bridgehead atoms. The molecule has 2 nitrogen and oxygen atoms in total. The van der Waals surface area contributed by atoms with Gasteiger partial charge in [0.2, 0.25) is 0 Å². The molecule has 0 radical (unpaired) electrons. The first-order chi connectivity index (χ1) is 13.0. The maximum absolute atomic E-state index is 10.8. The third kappa shape index (κ3) is 3.35. The van der Waals surface area contributed by atoms with Gasteiger partial charge in [-0.3, -0.25) is 0 Å². The Kier molecular flexibility index (Phi) is 5.57. The smallest absolute Gasteiger partial charge is 0.123 e. The number of ether oxygens (including phenoxy) is 1. The zero-order valence-corrected chi connectivity index (χ0v) is 16.9.